The molecule has 1 unspecified atom stereocenters. The van der Waals surface area contributed by atoms with Crippen molar-refractivity contribution in [3.63, 3.8) is 0 Å². The summed E-state index contributed by atoms with van der Waals surface area (Å²) >= 11 is 0. The maximum Gasteiger partial charge on any atom is 0.159 e. The van der Waals surface area contributed by atoms with Crippen molar-refractivity contribution in [3.05, 3.63) is 82.9 Å². The van der Waals surface area contributed by atoms with Gasteiger partial charge in [0.25, 0.3) is 0 Å². The number of hydrogen-bond acceptors (Lipinski definition) is 1. The molecule has 0 aromatic heterocycles. The van der Waals surface area contributed by atoms with Crippen LogP contribution in [0.15, 0.2) is 54.6 Å². The summed E-state index contributed by atoms with van der Waals surface area (Å²) in [6, 6.07) is 17.1. The van der Waals surface area contributed by atoms with Crippen molar-refractivity contribution in [3.8, 4) is 0 Å². The van der Waals surface area contributed by atoms with Crippen LogP contribution in [0.5, 0.6) is 0 Å². The zero-order chi connectivity index (χ0) is 18.0. The van der Waals surface area contributed by atoms with E-state index in [1.807, 2.05) is 14.1 Å². The fourth-order valence-corrected chi connectivity index (χ4v) is 3.47. The van der Waals surface area contributed by atoms with Crippen LogP contribution in [-0.4, -0.2) is 19.0 Å². The quantitative estimate of drug-likeness (QED) is 0.579. The second-order valence-electron chi connectivity index (χ2n) is 6.83. The van der Waals surface area contributed by atoms with Crippen LogP contribution < -0.4 is 0 Å². The van der Waals surface area contributed by atoms with Gasteiger partial charge in [-0.25, -0.2) is 8.78 Å². The molecule has 0 aliphatic carbocycles. The topological polar surface area (TPSA) is 3.24 Å². The first-order valence-electron chi connectivity index (χ1n) is 8.55. The minimum absolute atomic E-state index is 0.0434. The first kappa shape index (κ1) is 17.6. The van der Waals surface area contributed by atoms with Crippen molar-refractivity contribution in [2.75, 3.05) is 14.1 Å². The number of rotatable bonds is 5. The Labute approximate surface area is 147 Å². The average Bonchev–Trinajstić information content (AvgIpc) is 2.58. The Morgan fingerprint density at radius 1 is 0.920 bits per heavy atom. The Kier molecular flexibility index (Phi) is 5.14. The first-order valence-corrected chi connectivity index (χ1v) is 8.55. The first-order chi connectivity index (χ1) is 12.0. The molecule has 0 fully saturated rings. The lowest BCUT2D eigenvalue weighted by atomic mass is 9.95. The summed E-state index contributed by atoms with van der Waals surface area (Å²) in [6.45, 7) is 2.13. The Bertz CT molecular complexity index is 886. The molecule has 0 aliphatic rings. The molecule has 0 radical (unpaired) electrons. The Morgan fingerprint density at radius 2 is 1.68 bits per heavy atom. The SMILES string of the molecule is Cc1cc(CCC(c2ccc(F)c(F)c2)N(C)C)cc2ccccc12. The summed E-state index contributed by atoms with van der Waals surface area (Å²) in [6.07, 6.45) is 1.73. The number of fused-ring (bicyclic) bond motifs is 1. The summed E-state index contributed by atoms with van der Waals surface area (Å²) in [7, 11) is 3.94. The van der Waals surface area contributed by atoms with Crippen molar-refractivity contribution in [1.29, 1.82) is 0 Å². The third-order valence-electron chi connectivity index (χ3n) is 4.79. The minimum Gasteiger partial charge on any atom is -0.302 e. The van der Waals surface area contributed by atoms with E-state index in [0.717, 1.165) is 18.4 Å². The molecule has 3 aromatic rings. The summed E-state index contributed by atoms with van der Waals surface area (Å²) in [5, 5.41) is 2.52. The van der Waals surface area contributed by atoms with Crippen LogP contribution in [0.4, 0.5) is 8.78 Å². The van der Waals surface area contributed by atoms with Crippen molar-refractivity contribution < 1.29 is 8.78 Å². The monoisotopic (exact) mass is 339 g/mol. The highest BCUT2D eigenvalue weighted by molar-refractivity contribution is 5.86. The van der Waals surface area contributed by atoms with E-state index < -0.39 is 11.6 Å². The molecule has 1 atom stereocenters. The van der Waals surface area contributed by atoms with E-state index in [1.54, 1.807) is 6.07 Å². The molecule has 0 N–H and O–H groups in total. The lowest BCUT2D eigenvalue weighted by molar-refractivity contribution is 0.283. The molecule has 0 heterocycles. The standard InChI is InChI=1S/C22H23F2N/c1-15-12-16(13-17-6-4-5-7-19(15)17)8-11-22(25(2)3)18-9-10-20(23)21(24)14-18/h4-7,9-10,12-14,22H,8,11H2,1-3H3. The fourth-order valence-electron chi connectivity index (χ4n) is 3.47. The van der Waals surface area contributed by atoms with E-state index in [9.17, 15) is 8.78 Å². The molecule has 0 amide bonds. The van der Waals surface area contributed by atoms with Gasteiger partial charge in [-0.1, -0.05) is 42.5 Å². The van der Waals surface area contributed by atoms with Gasteiger partial charge in [0.2, 0.25) is 0 Å². The zero-order valence-electron chi connectivity index (χ0n) is 14.9. The molecule has 3 heteroatoms. The molecule has 0 aliphatic heterocycles. The Morgan fingerprint density at radius 3 is 2.40 bits per heavy atom. The summed E-state index contributed by atoms with van der Waals surface area (Å²) in [5.41, 5.74) is 3.34. The van der Waals surface area contributed by atoms with E-state index in [-0.39, 0.29) is 6.04 Å². The summed E-state index contributed by atoms with van der Waals surface area (Å²) < 4.78 is 26.8. The molecule has 1 nitrogen and oxygen atoms in total. The molecule has 25 heavy (non-hydrogen) atoms. The molecule has 130 valence electrons. The van der Waals surface area contributed by atoms with Gasteiger partial charge in [-0.05, 0) is 73.5 Å². The van der Waals surface area contributed by atoms with E-state index in [2.05, 4.69) is 48.2 Å². The predicted octanol–water partition coefficient (Wildman–Crippen LogP) is 5.66. The normalized spacial score (nSPS) is 12.7. The highest BCUT2D eigenvalue weighted by Crippen LogP contribution is 2.27. The predicted molar refractivity (Wildman–Crippen MR) is 99.8 cm³/mol. The van der Waals surface area contributed by atoms with Crippen LogP contribution in [0.1, 0.15) is 29.2 Å². The molecular weight excluding hydrogens is 316 g/mol. The Hall–Kier alpha value is -2.26. The van der Waals surface area contributed by atoms with E-state index in [4.69, 9.17) is 0 Å². The lowest BCUT2D eigenvalue weighted by Gasteiger charge is -2.25. The van der Waals surface area contributed by atoms with Crippen molar-refractivity contribution >= 4 is 10.8 Å². The number of nitrogens with zero attached hydrogens (tertiary/aromatic N) is 1. The van der Waals surface area contributed by atoms with Crippen molar-refractivity contribution in [2.45, 2.75) is 25.8 Å². The van der Waals surface area contributed by atoms with Gasteiger partial charge >= 0.3 is 0 Å². The zero-order valence-corrected chi connectivity index (χ0v) is 14.9. The molecule has 0 bridgehead atoms. The average molecular weight is 339 g/mol. The van der Waals surface area contributed by atoms with Gasteiger partial charge in [-0.3, -0.25) is 0 Å². The van der Waals surface area contributed by atoms with Gasteiger partial charge in [-0.2, -0.15) is 0 Å². The smallest absolute Gasteiger partial charge is 0.159 e. The highest BCUT2D eigenvalue weighted by atomic mass is 19.2. The lowest BCUT2D eigenvalue weighted by Crippen LogP contribution is -2.21. The van der Waals surface area contributed by atoms with Gasteiger partial charge in [0.15, 0.2) is 11.6 Å². The maximum atomic E-state index is 13.6. The third-order valence-corrected chi connectivity index (χ3v) is 4.79. The number of benzene rings is 3. The second kappa shape index (κ2) is 7.32. The van der Waals surface area contributed by atoms with Gasteiger partial charge < -0.3 is 4.90 Å². The van der Waals surface area contributed by atoms with Crippen molar-refractivity contribution in [2.24, 2.45) is 0 Å². The maximum absolute atomic E-state index is 13.6. The number of halogens is 2. The van der Waals surface area contributed by atoms with Gasteiger partial charge in [0.05, 0.1) is 0 Å². The molecule has 0 saturated heterocycles. The molecule has 0 saturated carbocycles. The van der Waals surface area contributed by atoms with E-state index in [0.29, 0.717) is 0 Å². The summed E-state index contributed by atoms with van der Waals surface area (Å²) in [4.78, 5) is 2.06. The van der Waals surface area contributed by atoms with Crippen LogP contribution in [0.2, 0.25) is 0 Å². The third kappa shape index (κ3) is 3.88. The largest absolute Gasteiger partial charge is 0.302 e. The molecule has 3 aromatic carbocycles. The van der Waals surface area contributed by atoms with Gasteiger partial charge in [0, 0.05) is 6.04 Å². The summed E-state index contributed by atoms with van der Waals surface area (Å²) in [5.74, 6) is -1.59. The van der Waals surface area contributed by atoms with Crippen LogP contribution >= 0.6 is 0 Å². The van der Waals surface area contributed by atoms with Crippen LogP contribution in [0.25, 0.3) is 10.8 Å². The van der Waals surface area contributed by atoms with Crippen molar-refractivity contribution in [1.82, 2.24) is 4.90 Å². The second-order valence-corrected chi connectivity index (χ2v) is 6.83. The molecular formula is C22H23F2N. The van der Waals surface area contributed by atoms with Crippen LogP contribution in [0.3, 0.4) is 0 Å². The van der Waals surface area contributed by atoms with E-state index >= 15 is 0 Å². The minimum atomic E-state index is -0.800. The highest BCUT2D eigenvalue weighted by Gasteiger charge is 2.16. The van der Waals surface area contributed by atoms with Gasteiger partial charge in [-0.15, -0.1) is 0 Å². The van der Waals surface area contributed by atoms with E-state index in [1.165, 1.54) is 34.0 Å². The van der Waals surface area contributed by atoms with Crippen LogP contribution in [0, 0.1) is 18.6 Å². The van der Waals surface area contributed by atoms with Crippen LogP contribution in [-0.2, 0) is 6.42 Å². The molecule has 3 rings (SSSR count). The number of hydrogen-bond donors (Lipinski definition) is 0. The Balaban J connectivity index is 1.83. The number of aryl methyl sites for hydroxylation is 2. The fraction of sp³-hybridized carbons (Fsp3) is 0.273. The molecule has 0 spiro atoms. The van der Waals surface area contributed by atoms with Gasteiger partial charge in [0.1, 0.15) is 0 Å².